The van der Waals surface area contributed by atoms with Crippen LogP contribution in [0.25, 0.3) is 0 Å². The van der Waals surface area contributed by atoms with Crippen molar-refractivity contribution in [1.82, 2.24) is 9.97 Å². The molecule has 0 fully saturated rings. The van der Waals surface area contributed by atoms with E-state index in [-0.39, 0.29) is 0 Å². The zero-order valence-corrected chi connectivity index (χ0v) is 6.42. The number of hydrogen-bond donors (Lipinski definition) is 1. The number of rotatable bonds is 1. The number of nitrogens with zero attached hydrogens (tertiary/aromatic N) is 3. The first kappa shape index (κ1) is 7.48. The Kier molecular flexibility index (Phi) is 2.02. The Morgan fingerprint density at radius 1 is 1.55 bits per heavy atom. The van der Waals surface area contributed by atoms with Crippen LogP contribution in [0.2, 0.25) is 0 Å². The van der Waals surface area contributed by atoms with Crippen molar-refractivity contribution in [2.45, 2.75) is 6.92 Å². The van der Waals surface area contributed by atoms with Gasteiger partial charge in [0.05, 0.1) is 0 Å². The second kappa shape index (κ2) is 2.97. The Labute approximate surface area is 64.9 Å². The minimum Gasteiger partial charge on any atom is -0.357 e. The van der Waals surface area contributed by atoms with Crippen molar-refractivity contribution in [3.8, 4) is 6.07 Å². The highest BCUT2D eigenvalue weighted by Crippen LogP contribution is 2.01. The Balaban J connectivity index is 3.15. The second-order valence-corrected chi connectivity index (χ2v) is 2.08. The molecule has 1 N–H and O–H groups in total. The van der Waals surface area contributed by atoms with Crippen LogP contribution < -0.4 is 5.32 Å². The van der Waals surface area contributed by atoms with Crippen molar-refractivity contribution in [2.75, 3.05) is 12.4 Å². The molecule has 0 spiro atoms. The average molecular weight is 148 g/mol. The Hall–Kier alpha value is -1.63. The van der Waals surface area contributed by atoms with E-state index in [0.29, 0.717) is 11.6 Å². The van der Waals surface area contributed by atoms with Crippen LogP contribution in [0, 0.1) is 18.3 Å². The minimum absolute atomic E-state index is 0.391. The summed E-state index contributed by atoms with van der Waals surface area (Å²) >= 11 is 0. The third-order valence-corrected chi connectivity index (χ3v) is 1.19. The summed E-state index contributed by atoms with van der Waals surface area (Å²) in [5, 5.41) is 11.3. The third kappa shape index (κ3) is 1.64. The lowest BCUT2D eigenvalue weighted by atomic mass is 10.3. The van der Waals surface area contributed by atoms with Crippen molar-refractivity contribution in [1.29, 1.82) is 5.26 Å². The van der Waals surface area contributed by atoms with Gasteiger partial charge in [-0.15, -0.1) is 0 Å². The average Bonchev–Trinajstić information content (AvgIpc) is 2.03. The fourth-order valence-corrected chi connectivity index (χ4v) is 0.738. The van der Waals surface area contributed by atoms with Gasteiger partial charge < -0.3 is 5.32 Å². The topological polar surface area (TPSA) is 61.6 Å². The van der Waals surface area contributed by atoms with Crippen LogP contribution >= 0.6 is 0 Å². The zero-order chi connectivity index (χ0) is 8.27. The van der Waals surface area contributed by atoms with Gasteiger partial charge in [0.1, 0.15) is 11.8 Å². The predicted octanol–water partition coefficient (Wildman–Crippen LogP) is 0.698. The number of aryl methyl sites for hydroxylation is 1. The van der Waals surface area contributed by atoms with Gasteiger partial charge in [-0.3, -0.25) is 0 Å². The number of hydrogen-bond acceptors (Lipinski definition) is 4. The fraction of sp³-hybridized carbons (Fsp3) is 0.286. The summed E-state index contributed by atoms with van der Waals surface area (Å²) in [6, 6.07) is 3.59. The Morgan fingerprint density at radius 2 is 2.27 bits per heavy atom. The van der Waals surface area contributed by atoms with Gasteiger partial charge in [-0.25, -0.2) is 9.97 Å². The molecule has 4 nitrogen and oxygen atoms in total. The lowest BCUT2D eigenvalue weighted by Crippen LogP contribution is -1.99. The fourth-order valence-electron chi connectivity index (χ4n) is 0.738. The van der Waals surface area contributed by atoms with Crippen molar-refractivity contribution < 1.29 is 0 Å². The minimum atomic E-state index is 0.391. The van der Waals surface area contributed by atoms with E-state index in [4.69, 9.17) is 5.26 Å². The summed E-state index contributed by atoms with van der Waals surface area (Å²) in [5.41, 5.74) is 1.18. The molecule has 0 aliphatic rings. The summed E-state index contributed by atoms with van der Waals surface area (Å²) in [6.45, 7) is 1.82. The van der Waals surface area contributed by atoms with Crippen molar-refractivity contribution >= 4 is 5.95 Å². The van der Waals surface area contributed by atoms with Gasteiger partial charge in [0.2, 0.25) is 5.95 Å². The number of anilines is 1. The summed E-state index contributed by atoms with van der Waals surface area (Å²) < 4.78 is 0. The van der Waals surface area contributed by atoms with Crippen LogP contribution in [0.15, 0.2) is 6.07 Å². The first-order valence-electron chi connectivity index (χ1n) is 3.20. The highest BCUT2D eigenvalue weighted by Gasteiger charge is 1.97. The van der Waals surface area contributed by atoms with Crippen molar-refractivity contribution in [3.63, 3.8) is 0 Å². The van der Waals surface area contributed by atoms with E-state index in [9.17, 15) is 0 Å². The smallest absolute Gasteiger partial charge is 0.223 e. The molecule has 0 radical (unpaired) electrons. The van der Waals surface area contributed by atoms with E-state index in [1.807, 2.05) is 13.0 Å². The van der Waals surface area contributed by atoms with Gasteiger partial charge in [-0.05, 0) is 13.0 Å². The molecule has 1 aromatic heterocycles. The lowest BCUT2D eigenvalue weighted by Gasteiger charge is -1.98. The Morgan fingerprint density at radius 3 is 2.82 bits per heavy atom. The maximum atomic E-state index is 8.51. The molecular formula is C7H8N4. The molecular weight excluding hydrogens is 140 g/mol. The molecule has 11 heavy (non-hydrogen) atoms. The van der Waals surface area contributed by atoms with E-state index in [1.165, 1.54) is 0 Å². The molecule has 1 heterocycles. The summed E-state index contributed by atoms with van der Waals surface area (Å²) in [4.78, 5) is 7.91. The summed E-state index contributed by atoms with van der Waals surface area (Å²) in [6.07, 6.45) is 0. The quantitative estimate of drug-likeness (QED) is 0.636. The van der Waals surface area contributed by atoms with Crippen molar-refractivity contribution in [2.24, 2.45) is 0 Å². The molecule has 0 bridgehead atoms. The monoisotopic (exact) mass is 148 g/mol. The first-order valence-corrected chi connectivity index (χ1v) is 3.20. The van der Waals surface area contributed by atoms with Crippen molar-refractivity contribution in [3.05, 3.63) is 17.5 Å². The molecule has 0 saturated heterocycles. The van der Waals surface area contributed by atoms with Crippen LogP contribution in [-0.2, 0) is 0 Å². The van der Waals surface area contributed by atoms with Gasteiger partial charge >= 0.3 is 0 Å². The van der Waals surface area contributed by atoms with Gasteiger partial charge in [0.15, 0.2) is 0 Å². The van der Waals surface area contributed by atoms with E-state index in [1.54, 1.807) is 13.1 Å². The summed E-state index contributed by atoms with van der Waals surface area (Å²) in [5.74, 6) is 0.488. The third-order valence-electron chi connectivity index (χ3n) is 1.19. The Bertz CT molecular complexity index is 300. The maximum absolute atomic E-state index is 8.51. The van der Waals surface area contributed by atoms with Crippen LogP contribution in [-0.4, -0.2) is 17.0 Å². The maximum Gasteiger partial charge on any atom is 0.223 e. The molecule has 0 amide bonds. The first-order chi connectivity index (χ1) is 5.26. The molecule has 0 atom stereocenters. The molecule has 0 aromatic carbocycles. The SMILES string of the molecule is CNc1nc(C)cc(C#N)n1. The van der Waals surface area contributed by atoms with Crippen LogP contribution in [0.3, 0.4) is 0 Å². The van der Waals surface area contributed by atoms with Gasteiger partial charge in [-0.1, -0.05) is 0 Å². The van der Waals surface area contributed by atoms with Crippen LogP contribution in [0.1, 0.15) is 11.4 Å². The van der Waals surface area contributed by atoms with E-state index >= 15 is 0 Å². The number of aromatic nitrogens is 2. The standard InChI is InChI=1S/C7H8N4/c1-5-3-6(4-8)11-7(9-2)10-5/h3H,1-2H3,(H,9,10,11). The van der Waals surface area contributed by atoms with E-state index in [2.05, 4.69) is 15.3 Å². The molecule has 56 valence electrons. The van der Waals surface area contributed by atoms with Crippen LogP contribution in [0.5, 0.6) is 0 Å². The number of nitrogens with one attached hydrogen (secondary N) is 1. The van der Waals surface area contributed by atoms with Gasteiger partial charge in [0.25, 0.3) is 0 Å². The largest absolute Gasteiger partial charge is 0.357 e. The van der Waals surface area contributed by atoms with Gasteiger partial charge in [-0.2, -0.15) is 5.26 Å². The highest BCUT2D eigenvalue weighted by atomic mass is 15.1. The van der Waals surface area contributed by atoms with E-state index in [0.717, 1.165) is 5.69 Å². The normalized spacial score (nSPS) is 8.82. The zero-order valence-electron chi connectivity index (χ0n) is 6.42. The second-order valence-electron chi connectivity index (χ2n) is 2.08. The lowest BCUT2D eigenvalue weighted by molar-refractivity contribution is 1.08. The highest BCUT2D eigenvalue weighted by molar-refractivity contribution is 5.32. The molecule has 0 unspecified atom stereocenters. The van der Waals surface area contributed by atoms with Gasteiger partial charge in [0, 0.05) is 12.7 Å². The number of nitriles is 1. The molecule has 1 aromatic rings. The molecule has 0 aliphatic heterocycles. The molecule has 4 heteroatoms. The van der Waals surface area contributed by atoms with E-state index < -0.39 is 0 Å². The molecule has 0 saturated carbocycles. The van der Waals surface area contributed by atoms with Crippen LogP contribution in [0.4, 0.5) is 5.95 Å². The molecule has 1 rings (SSSR count). The predicted molar refractivity (Wildman–Crippen MR) is 41.0 cm³/mol. The summed E-state index contributed by atoms with van der Waals surface area (Å²) in [7, 11) is 1.72. The molecule has 0 aliphatic carbocycles.